The van der Waals surface area contributed by atoms with Gasteiger partial charge in [0.05, 0.1) is 17.5 Å². The lowest BCUT2D eigenvalue weighted by Gasteiger charge is -2.42. The van der Waals surface area contributed by atoms with Crippen LogP contribution in [0.25, 0.3) is 0 Å². The highest BCUT2D eigenvalue weighted by atomic mass is 19.1. The highest BCUT2D eigenvalue weighted by Gasteiger charge is 2.44. The molecule has 1 aliphatic rings. The predicted octanol–water partition coefficient (Wildman–Crippen LogP) is 3.39. The van der Waals surface area contributed by atoms with E-state index in [9.17, 15) is 14.0 Å². The minimum Gasteiger partial charge on any atom is -0.404 e. The van der Waals surface area contributed by atoms with E-state index in [1.54, 1.807) is 35.2 Å². The molecule has 8 heteroatoms. The number of hydrogen-bond acceptors (Lipinski definition) is 5. The van der Waals surface area contributed by atoms with Gasteiger partial charge in [-0.1, -0.05) is 32.0 Å². The van der Waals surface area contributed by atoms with Crippen molar-refractivity contribution in [3.8, 4) is 6.07 Å². The summed E-state index contributed by atoms with van der Waals surface area (Å²) in [4.78, 5) is 28.4. The van der Waals surface area contributed by atoms with E-state index >= 15 is 0 Å². The third kappa shape index (κ3) is 4.23. The molecule has 0 saturated carbocycles. The Balaban J connectivity index is 2.13. The summed E-state index contributed by atoms with van der Waals surface area (Å²) in [5, 5.41) is 19.7. The standard InChI is InChI=1S/C24H24FN5O2/c1-14(2)13-30-22(16(11-27)12-28)21(18-5-3-4-6-19(18)24(30)32)23(31)29-17-7-8-20(25)15(9-17)10-26/h3-9,11-12,14,21-22,27H,13,28H2,1-2H3,(H,29,31)/b16-12+,27-11?/t21-,22+/m1/s1. The molecule has 3 rings (SSSR count). The Hall–Kier alpha value is -3.99. The van der Waals surface area contributed by atoms with E-state index < -0.39 is 23.7 Å². The van der Waals surface area contributed by atoms with Crippen LogP contribution in [-0.2, 0) is 4.79 Å². The first kappa shape index (κ1) is 22.7. The molecule has 0 aromatic heterocycles. The molecule has 32 heavy (non-hydrogen) atoms. The van der Waals surface area contributed by atoms with Crippen molar-refractivity contribution in [2.75, 3.05) is 11.9 Å². The number of nitrogens with zero attached hydrogens (tertiary/aromatic N) is 2. The van der Waals surface area contributed by atoms with Crippen molar-refractivity contribution in [2.45, 2.75) is 25.8 Å². The van der Waals surface area contributed by atoms with Gasteiger partial charge in [0, 0.05) is 35.8 Å². The van der Waals surface area contributed by atoms with Crippen LogP contribution in [0.1, 0.15) is 41.3 Å². The third-order valence-electron chi connectivity index (χ3n) is 5.34. The minimum atomic E-state index is -0.866. The van der Waals surface area contributed by atoms with Crippen LogP contribution in [0.3, 0.4) is 0 Å². The molecule has 164 valence electrons. The zero-order valence-electron chi connectivity index (χ0n) is 17.8. The van der Waals surface area contributed by atoms with E-state index in [-0.39, 0.29) is 23.1 Å². The smallest absolute Gasteiger partial charge is 0.254 e. The summed E-state index contributed by atoms with van der Waals surface area (Å²) in [5.41, 5.74) is 7.09. The molecule has 0 fully saturated rings. The zero-order valence-corrected chi connectivity index (χ0v) is 17.8. The Morgan fingerprint density at radius 2 is 2.06 bits per heavy atom. The molecule has 0 spiro atoms. The Kier molecular flexibility index (Phi) is 6.69. The van der Waals surface area contributed by atoms with E-state index in [1.807, 2.05) is 13.8 Å². The van der Waals surface area contributed by atoms with Gasteiger partial charge < -0.3 is 21.4 Å². The number of hydrogen-bond donors (Lipinski definition) is 3. The van der Waals surface area contributed by atoms with Crippen LogP contribution in [0.4, 0.5) is 10.1 Å². The van der Waals surface area contributed by atoms with Crippen LogP contribution in [0.15, 0.2) is 54.2 Å². The van der Waals surface area contributed by atoms with Crippen molar-refractivity contribution >= 4 is 23.7 Å². The maximum Gasteiger partial charge on any atom is 0.254 e. The summed E-state index contributed by atoms with van der Waals surface area (Å²) in [6.45, 7) is 4.28. The molecule has 2 aromatic rings. The predicted molar refractivity (Wildman–Crippen MR) is 120 cm³/mol. The van der Waals surface area contributed by atoms with Crippen molar-refractivity contribution in [3.05, 3.63) is 76.7 Å². The van der Waals surface area contributed by atoms with E-state index in [4.69, 9.17) is 16.4 Å². The molecule has 0 radical (unpaired) electrons. The summed E-state index contributed by atoms with van der Waals surface area (Å²) in [6.07, 6.45) is 2.28. The summed E-state index contributed by atoms with van der Waals surface area (Å²) in [6, 6.07) is 11.5. The number of anilines is 1. The normalized spacial score (nSPS) is 18.2. The van der Waals surface area contributed by atoms with Crippen LogP contribution in [-0.4, -0.2) is 35.5 Å². The van der Waals surface area contributed by atoms with Crippen molar-refractivity contribution in [1.82, 2.24) is 4.90 Å². The second-order valence-electron chi connectivity index (χ2n) is 7.97. The van der Waals surface area contributed by atoms with Gasteiger partial charge in [0.1, 0.15) is 11.9 Å². The summed E-state index contributed by atoms with van der Waals surface area (Å²) < 4.78 is 13.7. The van der Waals surface area contributed by atoms with Gasteiger partial charge in [0.25, 0.3) is 5.91 Å². The maximum atomic E-state index is 13.7. The molecule has 0 unspecified atom stereocenters. The summed E-state index contributed by atoms with van der Waals surface area (Å²) in [7, 11) is 0. The molecule has 2 amide bonds. The fraction of sp³-hybridized carbons (Fsp3) is 0.250. The molecule has 0 bridgehead atoms. The van der Waals surface area contributed by atoms with Crippen molar-refractivity contribution in [2.24, 2.45) is 11.7 Å². The van der Waals surface area contributed by atoms with Gasteiger partial charge in [0.2, 0.25) is 5.91 Å². The average Bonchev–Trinajstić information content (AvgIpc) is 2.78. The lowest BCUT2D eigenvalue weighted by atomic mass is 9.79. The topological polar surface area (TPSA) is 123 Å². The summed E-state index contributed by atoms with van der Waals surface area (Å²) in [5.74, 6) is -2.14. The molecule has 2 aromatic carbocycles. The SMILES string of the molecule is CC(C)CN1C(=O)c2ccccc2[C@@H](C(=O)Nc2ccc(F)c(C#N)c2)[C@@H]1/C(C=N)=C/N. The van der Waals surface area contributed by atoms with Gasteiger partial charge in [-0.15, -0.1) is 0 Å². The Bertz CT molecular complexity index is 1140. The largest absolute Gasteiger partial charge is 0.404 e. The Labute approximate surface area is 185 Å². The van der Waals surface area contributed by atoms with E-state index in [2.05, 4.69) is 5.32 Å². The number of fused-ring (bicyclic) bond motifs is 1. The molecule has 7 nitrogen and oxygen atoms in total. The molecule has 1 heterocycles. The zero-order chi connectivity index (χ0) is 23.4. The highest BCUT2D eigenvalue weighted by Crippen LogP contribution is 2.37. The minimum absolute atomic E-state index is 0.107. The first-order chi connectivity index (χ1) is 15.3. The van der Waals surface area contributed by atoms with Crippen LogP contribution in [0.5, 0.6) is 0 Å². The molecular weight excluding hydrogens is 409 g/mol. The maximum absolute atomic E-state index is 13.7. The van der Waals surface area contributed by atoms with E-state index in [0.29, 0.717) is 23.2 Å². The molecule has 0 saturated heterocycles. The third-order valence-corrected chi connectivity index (χ3v) is 5.34. The molecule has 0 aliphatic carbocycles. The van der Waals surface area contributed by atoms with Crippen LogP contribution in [0, 0.1) is 28.5 Å². The fourth-order valence-electron chi connectivity index (χ4n) is 3.98. The first-order valence-corrected chi connectivity index (χ1v) is 10.1. The molecule has 4 N–H and O–H groups in total. The first-order valence-electron chi connectivity index (χ1n) is 10.1. The van der Waals surface area contributed by atoms with E-state index in [0.717, 1.165) is 12.3 Å². The number of benzene rings is 2. The fourth-order valence-corrected chi connectivity index (χ4v) is 3.98. The van der Waals surface area contributed by atoms with Gasteiger partial charge in [-0.05, 0) is 35.7 Å². The number of nitrogens with one attached hydrogen (secondary N) is 2. The number of rotatable bonds is 6. The number of nitriles is 1. The quantitative estimate of drug-likeness (QED) is 0.604. The number of carbonyl (C=O) groups is 2. The van der Waals surface area contributed by atoms with Crippen molar-refractivity contribution in [3.63, 3.8) is 0 Å². The number of nitrogens with two attached hydrogens (primary N) is 1. The van der Waals surface area contributed by atoms with Gasteiger partial charge in [0.15, 0.2) is 0 Å². The lowest BCUT2D eigenvalue weighted by Crippen LogP contribution is -2.53. The van der Waals surface area contributed by atoms with Crippen LogP contribution >= 0.6 is 0 Å². The number of halogens is 1. The second-order valence-corrected chi connectivity index (χ2v) is 7.97. The van der Waals surface area contributed by atoms with Crippen molar-refractivity contribution in [1.29, 1.82) is 10.7 Å². The van der Waals surface area contributed by atoms with Crippen LogP contribution < -0.4 is 11.1 Å². The number of carbonyl (C=O) groups excluding carboxylic acids is 2. The molecule has 1 aliphatic heterocycles. The Morgan fingerprint density at radius 1 is 1.34 bits per heavy atom. The van der Waals surface area contributed by atoms with Gasteiger partial charge in [-0.25, -0.2) is 4.39 Å². The van der Waals surface area contributed by atoms with Gasteiger partial charge in [-0.3, -0.25) is 9.59 Å². The van der Waals surface area contributed by atoms with Gasteiger partial charge in [-0.2, -0.15) is 5.26 Å². The molecule has 2 atom stereocenters. The monoisotopic (exact) mass is 433 g/mol. The number of amides is 2. The average molecular weight is 433 g/mol. The van der Waals surface area contributed by atoms with Gasteiger partial charge >= 0.3 is 0 Å². The highest BCUT2D eigenvalue weighted by molar-refractivity contribution is 6.05. The van der Waals surface area contributed by atoms with Crippen molar-refractivity contribution < 1.29 is 14.0 Å². The molecular formula is C24H24FN5O2. The Morgan fingerprint density at radius 3 is 2.69 bits per heavy atom. The van der Waals surface area contributed by atoms with Crippen LogP contribution in [0.2, 0.25) is 0 Å². The second kappa shape index (κ2) is 9.43. The lowest BCUT2D eigenvalue weighted by molar-refractivity contribution is -0.118. The summed E-state index contributed by atoms with van der Waals surface area (Å²) >= 11 is 0. The van der Waals surface area contributed by atoms with E-state index in [1.165, 1.54) is 18.3 Å².